The average Bonchev–Trinajstić information content (AvgIpc) is 2.59. The molecule has 5 nitrogen and oxygen atoms in total. The lowest BCUT2D eigenvalue weighted by atomic mass is 9.47. The van der Waals surface area contributed by atoms with Gasteiger partial charge in [0.25, 0.3) is 0 Å². The van der Waals surface area contributed by atoms with E-state index < -0.39 is 11.0 Å². The first-order valence-corrected chi connectivity index (χ1v) is 9.07. The third kappa shape index (κ3) is 1.94. The van der Waals surface area contributed by atoms with Gasteiger partial charge in [0.15, 0.2) is 11.5 Å². The highest BCUT2D eigenvalue weighted by molar-refractivity contribution is 5.85. The minimum Gasteiger partial charge on any atom is -0.504 e. The Morgan fingerprint density at radius 3 is 2.76 bits per heavy atom. The van der Waals surface area contributed by atoms with Crippen LogP contribution in [0.4, 0.5) is 0 Å². The maximum Gasteiger partial charge on any atom is 0.161 e. The molecule has 1 aromatic carbocycles. The summed E-state index contributed by atoms with van der Waals surface area (Å²) in [7, 11) is 5.48. The van der Waals surface area contributed by atoms with Crippen molar-refractivity contribution in [2.45, 2.75) is 49.7 Å². The predicted octanol–water partition coefficient (Wildman–Crippen LogP) is 2.28. The number of Topliss-reactive ketones (excluding diaryl/α,β-unsaturated/α-hetero) is 1. The van der Waals surface area contributed by atoms with Gasteiger partial charge in [-0.05, 0) is 44.5 Å². The molecular weight excluding hydrogens is 318 g/mol. The average molecular weight is 345 g/mol. The van der Waals surface area contributed by atoms with E-state index in [0.29, 0.717) is 18.6 Å². The first kappa shape index (κ1) is 16.9. The molecule has 1 saturated heterocycles. The van der Waals surface area contributed by atoms with Crippen LogP contribution in [0.5, 0.6) is 11.5 Å². The molecule has 1 N–H and O–H groups in total. The first-order chi connectivity index (χ1) is 11.9. The van der Waals surface area contributed by atoms with Crippen LogP contribution in [-0.4, -0.2) is 55.2 Å². The number of piperidine rings is 1. The molecule has 4 rings (SSSR count). The zero-order valence-electron chi connectivity index (χ0n) is 15.5. The largest absolute Gasteiger partial charge is 0.504 e. The molecule has 0 aromatic heterocycles. The summed E-state index contributed by atoms with van der Waals surface area (Å²) in [6, 6.07) is 4.08. The van der Waals surface area contributed by atoms with E-state index in [-0.39, 0.29) is 23.5 Å². The number of carbonyl (C=O) groups excluding carboxylic acids is 1. The molecule has 0 unspecified atom stereocenters. The molecule has 2 fully saturated rings. The van der Waals surface area contributed by atoms with E-state index in [2.05, 4.69) is 11.9 Å². The number of ether oxygens (including phenoxy) is 2. The Hall–Kier alpha value is -1.59. The van der Waals surface area contributed by atoms with E-state index in [4.69, 9.17) is 9.47 Å². The Kier molecular flexibility index (Phi) is 3.68. The maximum atomic E-state index is 12.8. The minimum absolute atomic E-state index is 0.0172. The van der Waals surface area contributed by atoms with Crippen molar-refractivity contribution in [1.82, 2.24) is 4.90 Å². The number of methoxy groups -OCH3 is 2. The molecule has 25 heavy (non-hydrogen) atoms. The van der Waals surface area contributed by atoms with Crippen LogP contribution in [0, 0.1) is 5.92 Å². The van der Waals surface area contributed by atoms with Gasteiger partial charge in [-0.25, -0.2) is 0 Å². The van der Waals surface area contributed by atoms with E-state index in [1.165, 1.54) is 0 Å². The van der Waals surface area contributed by atoms with Crippen LogP contribution >= 0.6 is 0 Å². The predicted molar refractivity (Wildman–Crippen MR) is 94.2 cm³/mol. The Morgan fingerprint density at radius 2 is 2.08 bits per heavy atom. The minimum atomic E-state index is -0.477. The lowest BCUT2D eigenvalue weighted by Crippen LogP contribution is -2.74. The van der Waals surface area contributed by atoms with Crippen LogP contribution in [0.15, 0.2) is 12.1 Å². The Morgan fingerprint density at radius 1 is 1.32 bits per heavy atom. The van der Waals surface area contributed by atoms with Crippen molar-refractivity contribution in [3.63, 3.8) is 0 Å². The monoisotopic (exact) mass is 345 g/mol. The molecule has 1 saturated carbocycles. The number of rotatable bonds is 2. The molecule has 3 aliphatic rings. The van der Waals surface area contributed by atoms with Gasteiger partial charge >= 0.3 is 0 Å². The Labute approximate surface area is 148 Å². The summed E-state index contributed by atoms with van der Waals surface area (Å²) < 4.78 is 11.6. The summed E-state index contributed by atoms with van der Waals surface area (Å²) in [5.74, 6) is 0.913. The topological polar surface area (TPSA) is 59.0 Å². The SMILES string of the molecule is COc1ccc2c(c1O)[C@]13CCN(C)[C@H](C2)[C@]1(OC)C[C@H](C)C(=O)C3. The van der Waals surface area contributed by atoms with E-state index in [1.807, 2.05) is 19.1 Å². The number of aromatic hydroxyl groups is 1. The zero-order valence-corrected chi connectivity index (χ0v) is 15.5. The van der Waals surface area contributed by atoms with Crippen LogP contribution in [0.25, 0.3) is 0 Å². The molecule has 1 aromatic rings. The summed E-state index contributed by atoms with van der Waals surface area (Å²) in [5.41, 5.74) is 1.07. The van der Waals surface area contributed by atoms with Gasteiger partial charge in [-0.1, -0.05) is 13.0 Å². The lowest BCUT2D eigenvalue weighted by molar-refractivity contribution is -0.191. The summed E-state index contributed by atoms with van der Waals surface area (Å²) in [6.45, 7) is 2.90. The van der Waals surface area contributed by atoms with Crippen LogP contribution in [0.2, 0.25) is 0 Å². The third-order valence-electron chi connectivity index (χ3n) is 7.11. The normalized spacial score (nSPS) is 37.4. The fourth-order valence-corrected chi connectivity index (χ4v) is 5.87. The molecule has 1 heterocycles. The second-order valence-corrected chi connectivity index (χ2v) is 8.03. The van der Waals surface area contributed by atoms with Gasteiger partial charge in [0, 0.05) is 36.5 Å². The van der Waals surface area contributed by atoms with Gasteiger partial charge in [0.2, 0.25) is 0 Å². The second kappa shape index (κ2) is 5.45. The number of likely N-dealkylation sites (N-methyl/N-ethyl adjacent to an activating group) is 1. The molecule has 5 heteroatoms. The molecule has 0 radical (unpaired) electrons. The third-order valence-corrected chi connectivity index (χ3v) is 7.11. The fourth-order valence-electron chi connectivity index (χ4n) is 5.87. The van der Waals surface area contributed by atoms with Crippen molar-refractivity contribution in [3.8, 4) is 11.5 Å². The number of hydrogen-bond acceptors (Lipinski definition) is 5. The van der Waals surface area contributed by atoms with E-state index >= 15 is 0 Å². The summed E-state index contributed by atoms with van der Waals surface area (Å²) in [4.78, 5) is 15.1. The lowest BCUT2D eigenvalue weighted by Gasteiger charge is -2.65. The van der Waals surface area contributed by atoms with Gasteiger partial charge in [-0.15, -0.1) is 0 Å². The van der Waals surface area contributed by atoms with Gasteiger partial charge in [0.05, 0.1) is 12.7 Å². The van der Waals surface area contributed by atoms with Crippen LogP contribution in [0.3, 0.4) is 0 Å². The summed E-state index contributed by atoms with van der Waals surface area (Å²) >= 11 is 0. The Balaban J connectivity index is 2.03. The second-order valence-electron chi connectivity index (χ2n) is 8.03. The van der Waals surface area contributed by atoms with Crippen molar-refractivity contribution in [3.05, 3.63) is 23.3 Å². The summed E-state index contributed by atoms with van der Waals surface area (Å²) in [6.07, 6.45) is 2.76. The standard InChI is InChI=1S/C20H27NO4/c1-12-10-20(25-4)16-9-13-5-6-15(24-3)18(23)17(13)19(20,11-14(12)22)7-8-21(16)2/h5-6,12,16,23H,7-11H2,1-4H3/t12-,16+,19+,20+/m0/s1. The van der Waals surface area contributed by atoms with Crippen molar-refractivity contribution < 1.29 is 19.4 Å². The molecule has 136 valence electrons. The van der Waals surface area contributed by atoms with Crippen molar-refractivity contribution in [2.24, 2.45) is 5.92 Å². The number of carbonyl (C=O) groups is 1. The highest BCUT2D eigenvalue weighted by Crippen LogP contribution is 2.62. The quantitative estimate of drug-likeness (QED) is 0.891. The van der Waals surface area contributed by atoms with Gasteiger partial charge in [-0.2, -0.15) is 0 Å². The van der Waals surface area contributed by atoms with Crippen molar-refractivity contribution in [1.29, 1.82) is 0 Å². The van der Waals surface area contributed by atoms with Gasteiger partial charge < -0.3 is 19.5 Å². The number of likely N-dealkylation sites (tertiary alicyclic amines) is 1. The molecule has 4 atom stereocenters. The van der Waals surface area contributed by atoms with E-state index in [9.17, 15) is 9.90 Å². The summed E-state index contributed by atoms with van der Waals surface area (Å²) in [5, 5.41) is 11.0. The number of fused-ring (bicyclic) bond motifs is 1. The number of phenolic OH excluding ortho intramolecular Hbond substituents is 1. The molecular formula is C20H27NO4. The van der Waals surface area contributed by atoms with Gasteiger partial charge in [-0.3, -0.25) is 4.79 Å². The molecule has 1 aliphatic heterocycles. The fraction of sp³-hybridized carbons (Fsp3) is 0.650. The molecule has 2 aliphatic carbocycles. The molecule has 0 amide bonds. The zero-order chi connectivity index (χ0) is 18.0. The highest BCUT2D eigenvalue weighted by atomic mass is 16.5. The molecule has 0 spiro atoms. The van der Waals surface area contributed by atoms with Gasteiger partial charge in [0.1, 0.15) is 5.78 Å². The van der Waals surface area contributed by atoms with Crippen LogP contribution < -0.4 is 4.74 Å². The van der Waals surface area contributed by atoms with E-state index in [0.717, 1.165) is 30.5 Å². The highest BCUT2D eigenvalue weighted by Gasteiger charge is 2.67. The van der Waals surface area contributed by atoms with Crippen LogP contribution in [0.1, 0.15) is 37.3 Å². The van der Waals surface area contributed by atoms with Crippen molar-refractivity contribution >= 4 is 5.78 Å². The Bertz CT molecular complexity index is 733. The number of phenols is 1. The number of benzene rings is 1. The van der Waals surface area contributed by atoms with Crippen LogP contribution in [-0.2, 0) is 21.4 Å². The van der Waals surface area contributed by atoms with Crippen molar-refractivity contribution in [2.75, 3.05) is 27.8 Å². The number of ketones is 1. The van der Waals surface area contributed by atoms with E-state index in [1.54, 1.807) is 14.2 Å². The number of nitrogens with zero attached hydrogens (tertiary/aromatic N) is 1. The molecule has 2 bridgehead atoms. The first-order valence-electron chi connectivity index (χ1n) is 9.07. The number of hydrogen-bond donors (Lipinski definition) is 1. The maximum absolute atomic E-state index is 12.8. The smallest absolute Gasteiger partial charge is 0.161 e.